The van der Waals surface area contributed by atoms with Crippen LogP contribution in [-0.4, -0.2) is 19.8 Å². The van der Waals surface area contributed by atoms with Gasteiger partial charge in [0.25, 0.3) is 0 Å². The Morgan fingerprint density at radius 1 is 0.758 bits per heavy atom. The van der Waals surface area contributed by atoms with Crippen LogP contribution in [0.4, 0.5) is 13.2 Å². The highest BCUT2D eigenvalue weighted by atomic mass is 35.5. The summed E-state index contributed by atoms with van der Waals surface area (Å²) < 4.78 is 47.8. The van der Waals surface area contributed by atoms with Gasteiger partial charge in [-0.1, -0.05) is 66.7 Å². The molecule has 5 aromatic rings. The molecule has 0 fully saturated rings. The molecule has 2 aromatic heterocycles. The first-order chi connectivity index (χ1) is 15.9. The Morgan fingerprint density at radius 3 is 2.03 bits per heavy atom. The first-order valence-corrected chi connectivity index (χ1v) is 10.2. The Morgan fingerprint density at radius 2 is 1.39 bits per heavy atom. The monoisotopic (exact) mass is 466 g/mol. The van der Waals surface area contributed by atoms with Crippen LogP contribution in [0.5, 0.6) is 11.6 Å². The van der Waals surface area contributed by atoms with Gasteiger partial charge in [-0.15, -0.1) is 15.3 Å². The Kier molecular flexibility index (Phi) is 5.22. The van der Waals surface area contributed by atoms with E-state index in [1.165, 1.54) is 10.6 Å². The van der Waals surface area contributed by atoms with E-state index in [0.717, 1.165) is 17.7 Å². The second-order valence-corrected chi connectivity index (χ2v) is 7.48. The molecule has 0 spiro atoms. The van der Waals surface area contributed by atoms with Crippen molar-refractivity contribution >= 4 is 17.2 Å². The molecule has 164 valence electrons. The second-order valence-electron chi connectivity index (χ2n) is 7.15. The van der Waals surface area contributed by atoms with E-state index in [9.17, 15) is 13.2 Å². The predicted molar refractivity (Wildman–Crippen MR) is 118 cm³/mol. The summed E-state index contributed by atoms with van der Waals surface area (Å²) in [6, 6.07) is 23.3. The Bertz CT molecular complexity index is 1440. The van der Waals surface area contributed by atoms with Crippen LogP contribution in [0.3, 0.4) is 0 Å². The number of nitrogens with zero attached hydrogens (tertiary/aromatic N) is 4. The number of ether oxygens (including phenoxy) is 1. The number of rotatable bonds is 4. The maximum Gasteiger partial charge on any atom is 0.416 e. The Labute approximate surface area is 191 Å². The van der Waals surface area contributed by atoms with Gasteiger partial charge in [-0.2, -0.15) is 17.7 Å². The maximum absolute atomic E-state index is 13.5. The lowest BCUT2D eigenvalue weighted by Gasteiger charge is -2.16. The van der Waals surface area contributed by atoms with E-state index in [1.54, 1.807) is 30.3 Å². The van der Waals surface area contributed by atoms with Crippen molar-refractivity contribution in [3.8, 4) is 33.9 Å². The van der Waals surface area contributed by atoms with Crippen molar-refractivity contribution in [2.75, 3.05) is 0 Å². The summed E-state index contributed by atoms with van der Waals surface area (Å²) in [6.07, 6.45) is -4.54. The SMILES string of the molecule is FC(F)(F)c1ccc(-c2ccccc2)c(Oc2nn3c(Cl)nnc3cc2-c2ccccc2)c1. The molecule has 5 nitrogen and oxygen atoms in total. The van der Waals surface area contributed by atoms with Gasteiger partial charge in [-0.25, -0.2) is 0 Å². The molecule has 0 radical (unpaired) electrons. The molecule has 5 rings (SSSR count). The Hall–Kier alpha value is -3.91. The lowest BCUT2D eigenvalue weighted by molar-refractivity contribution is -0.137. The summed E-state index contributed by atoms with van der Waals surface area (Å²) >= 11 is 6.08. The molecule has 0 saturated carbocycles. The first-order valence-electron chi connectivity index (χ1n) is 9.82. The van der Waals surface area contributed by atoms with Crippen molar-refractivity contribution < 1.29 is 17.9 Å². The van der Waals surface area contributed by atoms with Crippen LogP contribution < -0.4 is 4.74 Å². The number of alkyl halides is 3. The highest BCUT2D eigenvalue weighted by Gasteiger charge is 2.32. The van der Waals surface area contributed by atoms with E-state index in [1.807, 2.05) is 36.4 Å². The molecule has 9 heteroatoms. The average Bonchev–Trinajstić information content (AvgIpc) is 3.19. The molecule has 2 heterocycles. The minimum absolute atomic E-state index is 0.00165. The van der Waals surface area contributed by atoms with E-state index >= 15 is 0 Å². The van der Waals surface area contributed by atoms with E-state index in [-0.39, 0.29) is 16.9 Å². The zero-order chi connectivity index (χ0) is 23.0. The van der Waals surface area contributed by atoms with Gasteiger partial charge in [0, 0.05) is 11.1 Å². The van der Waals surface area contributed by atoms with Crippen molar-refractivity contribution in [1.82, 2.24) is 19.8 Å². The fourth-order valence-corrected chi connectivity index (χ4v) is 3.60. The molecule has 0 unspecified atom stereocenters. The third-order valence-electron chi connectivity index (χ3n) is 5.01. The first kappa shape index (κ1) is 21.0. The van der Waals surface area contributed by atoms with Gasteiger partial charge in [-0.05, 0) is 40.9 Å². The lowest BCUT2D eigenvalue weighted by atomic mass is 10.0. The van der Waals surface area contributed by atoms with E-state index in [2.05, 4.69) is 15.3 Å². The maximum atomic E-state index is 13.5. The van der Waals surface area contributed by atoms with E-state index in [0.29, 0.717) is 22.3 Å². The minimum atomic E-state index is -4.54. The molecule has 0 aliphatic heterocycles. The van der Waals surface area contributed by atoms with Crippen molar-refractivity contribution in [2.45, 2.75) is 6.18 Å². The molecular weight excluding hydrogens is 453 g/mol. The molecule has 0 aliphatic rings. The molecular formula is C24H14ClF3N4O. The fourth-order valence-electron chi connectivity index (χ4n) is 3.43. The van der Waals surface area contributed by atoms with Gasteiger partial charge in [0.1, 0.15) is 5.75 Å². The zero-order valence-corrected chi connectivity index (χ0v) is 17.5. The van der Waals surface area contributed by atoms with Crippen molar-refractivity contribution in [1.29, 1.82) is 0 Å². The normalized spacial score (nSPS) is 11.6. The highest BCUT2D eigenvalue weighted by molar-refractivity contribution is 6.28. The summed E-state index contributed by atoms with van der Waals surface area (Å²) in [5.41, 5.74) is 2.00. The van der Waals surface area contributed by atoms with Crippen molar-refractivity contribution in [3.63, 3.8) is 0 Å². The largest absolute Gasteiger partial charge is 0.436 e. The number of benzene rings is 3. The summed E-state index contributed by atoms with van der Waals surface area (Å²) in [5, 5.41) is 12.2. The lowest BCUT2D eigenvalue weighted by Crippen LogP contribution is -2.06. The van der Waals surface area contributed by atoms with Crippen LogP contribution in [-0.2, 0) is 6.18 Å². The fraction of sp³-hybridized carbons (Fsp3) is 0.0417. The quantitative estimate of drug-likeness (QED) is 0.288. The number of hydrogen-bond acceptors (Lipinski definition) is 4. The second kappa shape index (κ2) is 8.22. The van der Waals surface area contributed by atoms with Crippen molar-refractivity contribution in [2.24, 2.45) is 0 Å². The number of aromatic nitrogens is 4. The van der Waals surface area contributed by atoms with Crippen LogP contribution in [0.25, 0.3) is 27.9 Å². The van der Waals surface area contributed by atoms with Crippen molar-refractivity contribution in [3.05, 3.63) is 95.8 Å². The number of fused-ring (bicyclic) bond motifs is 1. The van der Waals surface area contributed by atoms with E-state index < -0.39 is 11.7 Å². The van der Waals surface area contributed by atoms with Crippen LogP contribution >= 0.6 is 11.6 Å². The molecule has 0 amide bonds. The van der Waals surface area contributed by atoms with Gasteiger partial charge < -0.3 is 4.74 Å². The van der Waals surface area contributed by atoms with Crippen LogP contribution in [0.1, 0.15) is 5.56 Å². The highest BCUT2D eigenvalue weighted by Crippen LogP contribution is 2.41. The van der Waals surface area contributed by atoms with Gasteiger partial charge in [0.2, 0.25) is 11.2 Å². The smallest absolute Gasteiger partial charge is 0.416 e. The van der Waals surface area contributed by atoms with Gasteiger partial charge in [0.15, 0.2) is 5.65 Å². The van der Waals surface area contributed by atoms with Gasteiger partial charge in [-0.3, -0.25) is 0 Å². The standard InChI is InChI=1S/C24H14ClF3N4O/c25-23-30-29-21-14-19(16-9-5-2-6-10-16)22(31-32(21)23)33-20-13-17(24(26,27)28)11-12-18(20)15-7-3-1-4-8-15/h1-14H. The summed E-state index contributed by atoms with van der Waals surface area (Å²) in [7, 11) is 0. The Balaban J connectivity index is 1.71. The van der Waals surface area contributed by atoms with Gasteiger partial charge >= 0.3 is 6.18 Å². The summed E-state index contributed by atoms with van der Waals surface area (Å²) in [6.45, 7) is 0. The summed E-state index contributed by atoms with van der Waals surface area (Å²) in [4.78, 5) is 0. The topological polar surface area (TPSA) is 52.3 Å². The molecule has 0 saturated heterocycles. The minimum Gasteiger partial charge on any atom is -0.436 e. The third kappa shape index (κ3) is 4.12. The molecule has 33 heavy (non-hydrogen) atoms. The number of hydrogen-bond donors (Lipinski definition) is 0. The molecule has 0 atom stereocenters. The van der Waals surface area contributed by atoms with Gasteiger partial charge in [0.05, 0.1) is 5.56 Å². The number of halogens is 4. The zero-order valence-electron chi connectivity index (χ0n) is 16.8. The summed E-state index contributed by atoms with van der Waals surface area (Å²) in [5.74, 6) is 0.0659. The van der Waals surface area contributed by atoms with Crippen LogP contribution in [0, 0.1) is 0 Å². The van der Waals surface area contributed by atoms with Crippen LogP contribution in [0.2, 0.25) is 5.28 Å². The predicted octanol–water partition coefficient (Wildman–Crippen LogP) is 6.92. The molecule has 0 bridgehead atoms. The van der Waals surface area contributed by atoms with E-state index in [4.69, 9.17) is 16.3 Å². The average molecular weight is 467 g/mol. The third-order valence-corrected chi connectivity index (χ3v) is 5.24. The van der Waals surface area contributed by atoms with Crippen LogP contribution in [0.15, 0.2) is 84.9 Å². The molecule has 3 aromatic carbocycles. The molecule has 0 aliphatic carbocycles. The molecule has 0 N–H and O–H groups in total.